The molecule has 21 heavy (non-hydrogen) atoms. The molecule has 1 aromatic rings. The Morgan fingerprint density at radius 3 is 2.38 bits per heavy atom. The monoisotopic (exact) mass is 314 g/mol. The summed E-state index contributed by atoms with van der Waals surface area (Å²) < 4.78 is 20.6. The van der Waals surface area contributed by atoms with Gasteiger partial charge >= 0.3 is 8.25 Å². The molecule has 0 saturated carbocycles. The fourth-order valence-corrected chi connectivity index (χ4v) is 2.00. The fourth-order valence-electron chi connectivity index (χ4n) is 1.70. The number of aliphatic hydroxyl groups excluding tert-OH is 1. The molecule has 0 aliphatic carbocycles. The van der Waals surface area contributed by atoms with Crippen molar-refractivity contribution in [1.29, 1.82) is 0 Å². The van der Waals surface area contributed by atoms with Gasteiger partial charge in [0.2, 0.25) is 6.29 Å². The van der Waals surface area contributed by atoms with Crippen molar-refractivity contribution in [3.05, 3.63) is 40.3 Å². The zero-order valence-electron chi connectivity index (χ0n) is 11.7. The van der Waals surface area contributed by atoms with E-state index in [0.29, 0.717) is 24.2 Å². The summed E-state index contributed by atoms with van der Waals surface area (Å²) in [5.41, 5.74) is 7.97. The van der Waals surface area contributed by atoms with Gasteiger partial charge < -0.3 is 9.84 Å². The fraction of sp³-hybridized carbons (Fsp3) is 0.500. The summed E-state index contributed by atoms with van der Waals surface area (Å²) in [5, 5.41) is 13.2. The van der Waals surface area contributed by atoms with E-state index in [4.69, 9.17) is 15.2 Å². The summed E-state index contributed by atoms with van der Waals surface area (Å²) in [4.78, 5) is 11.4. The molecule has 0 aliphatic rings. The summed E-state index contributed by atoms with van der Waals surface area (Å²) in [5.74, 6) is 0.454. The quantitative estimate of drug-likeness (QED) is 0.249. The zero-order chi connectivity index (χ0) is 15.9. The maximum Gasteiger partial charge on any atom is 0.697 e. The Morgan fingerprint density at radius 1 is 1.38 bits per heavy atom. The van der Waals surface area contributed by atoms with E-state index in [9.17, 15) is 9.67 Å². The summed E-state index contributed by atoms with van der Waals surface area (Å²) >= 11 is 0. The van der Waals surface area contributed by atoms with Crippen LogP contribution in [0.1, 0.15) is 38.5 Å². The molecule has 1 aromatic carbocycles. The largest absolute Gasteiger partial charge is 0.697 e. The number of azide groups is 1. The SMILES string of the molecule is CCC(CC)(N=[N+]=[N-])Oc1ccc(C(O)O[P+](=O)O)cc1. The van der Waals surface area contributed by atoms with Crippen molar-refractivity contribution < 1.29 is 23.8 Å². The average molecular weight is 314 g/mol. The van der Waals surface area contributed by atoms with Crippen molar-refractivity contribution in [3.8, 4) is 5.75 Å². The number of hydrogen-bond donors (Lipinski definition) is 2. The smallest absolute Gasteiger partial charge is 0.481 e. The first-order valence-corrected chi connectivity index (χ1v) is 7.45. The average Bonchev–Trinajstić information content (AvgIpc) is 2.46. The highest BCUT2D eigenvalue weighted by atomic mass is 31.1. The van der Waals surface area contributed by atoms with Gasteiger partial charge in [-0.2, -0.15) is 0 Å². The standard InChI is InChI=1S/C12H16N3O5P/c1-3-12(4-2,14-15-13)19-10-7-5-9(6-8-10)11(16)20-21(17)18/h5-8,11,16H,3-4H2,1-2H3/p+1. The molecule has 2 atom stereocenters. The Labute approximate surface area is 122 Å². The van der Waals surface area contributed by atoms with Gasteiger partial charge in [-0.3, -0.25) is 0 Å². The van der Waals surface area contributed by atoms with Gasteiger partial charge in [0, 0.05) is 15.0 Å². The van der Waals surface area contributed by atoms with Crippen LogP contribution in [0, 0.1) is 0 Å². The van der Waals surface area contributed by atoms with Crippen molar-refractivity contribution in [2.24, 2.45) is 5.11 Å². The lowest BCUT2D eigenvalue weighted by molar-refractivity contribution is -0.0208. The van der Waals surface area contributed by atoms with E-state index in [1.54, 1.807) is 12.1 Å². The highest BCUT2D eigenvalue weighted by molar-refractivity contribution is 7.32. The highest BCUT2D eigenvalue weighted by Crippen LogP contribution is 2.30. The molecule has 2 N–H and O–H groups in total. The first-order valence-electron chi connectivity index (χ1n) is 6.32. The van der Waals surface area contributed by atoms with Crippen LogP contribution < -0.4 is 4.74 Å². The second-order valence-electron chi connectivity index (χ2n) is 4.21. The second kappa shape index (κ2) is 7.93. The van der Waals surface area contributed by atoms with Crippen molar-refractivity contribution in [1.82, 2.24) is 0 Å². The Balaban J connectivity index is 2.87. The van der Waals surface area contributed by atoms with Gasteiger partial charge in [-0.15, -0.1) is 4.89 Å². The van der Waals surface area contributed by atoms with Crippen LogP contribution in [0.4, 0.5) is 0 Å². The maximum absolute atomic E-state index is 10.5. The third-order valence-electron chi connectivity index (χ3n) is 2.99. The van der Waals surface area contributed by atoms with Crippen LogP contribution in [0.5, 0.6) is 5.75 Å². The minimum Gasteiger partial charge on any atom is -0.481 e. The Bertz CT molecular complexity index is 526. The first kappa shape index (κ1) is 17.4. The topological polar surface area (TPSA) is 125 Å². The van der Waals surface area contributed by atoms with Crippen molar-refractivity contribution >= 4 is 8.25 Å². The predicted octanol–water partition coefficient (Wildman–Crippen LogP) is 3.55. The van der Waals surface area contributed by atoms with Crippen LogP contribution in [0.25, 0.3) is 10.4 Å². The molecule has 114 valence electrons. The molecule has 0 saturated heterocycles. The number of nitrogens with zero attached hydrogens (tertiary/aromatic N) is 3. The molecule has 2 unspecified atom stereocenters. The Kier molecular flexibility index (Phi) is 6.55. The molecule has 1 rings (SSSR count). The van der Waals surface area contributed by atoms with E-state index in [0.717, 1.165) is 0 Å². The lowest BCUT2D eigenvalue weighted by Crippen LogP contribution is -2.31. The van der Waals surface area contributed by atoms with E-state index in [2.05, 4.69) is 14.5 Å². The molecule has 0 spiro atoms. The van der Waals surface area contributed by atoms with Gasteiger partial charge in [-0.05, 0) is 35.6 Å². The first-order chi connectivity index (χ1) is 9.96. The molecule has 0 bridgehead atoms. The van der Waals surface area contributed by atoms with Gasteiger partial charge in [0.1, 0.15) is 5.75 Å². The van der Waals surface area contributed by atoms with Gasteiger partial charge in [-0.1, -0.05) is 30.5 Å². The number of benzene rings is 1. The van der Waals surface area contributed by atoms with Gasteiger partial charge in [0.25, 0.3) is 0 Å². The van der Waals surface area contributed by atoms with E-state index in [1.807, 2.05) is 13.8 Å². The summed E-state index contributed by atoms with van der Waals surface area (Å²) in [6, 6.07) is 6.09. The van der Waals surface area contributed by atoms with Crippen LogP contribution in [0.15, 0.2) is 29.4 Å². The number of ether oxygens (including phenoxy) is 1. The second-order valence-corrected chi connectivity index (χ2v) is 4.90. The predicted molar refractivity (Wildman–Crippen MR) is 75.4 cm³/mol. The third kappa shape index (κ3) is 4.97. The molecule has 0 amide bonds. The van der Waals surface area contributed by atoms with Crippen LogP contribution in [-0.4, -0.2) is 15.7 Å². The summed E-state index contributed by atoms with van der Waals surface area (Å²) in [6.07, 6.45) is -0.482. The number of aliphatic hydroxyl groups is 1. The summed E-state index contributed by atoms with van der Waals surface area (Å²) in [7, 11) is -2.89. The number of hydrogen-bond acceptors (Lipinski definition) is 5. The van der Waals surface area contributed by atoms with E-state index in [1.165, 1.54) is 12.1 Å². The third-order valence-corrected chi connectivity index (χ3v) is 3.38. The van der Waals surface area contributed by atoms with E-state index in [-0.39, 0.29) is 0 Å². The molecule has 0 radical (unpaired) electrons. The molecule has 9 heteroatoms. The van der Waals surface area contributed by atoms with Crippen LogP contribution in [0.2, 0.25) is 0 Å². The Hall–Kier alpha value is -1.69. The van der Waals surface area contributed by atoms with Crippen molar-refractivity contribution in [2.75, 3.05) is 0 Å². The zero-order valence-corrected chi connectivity index (χ0v) is 12.6. The van der Waals surface area contributed by atoms with Gasteiger partial charge in [0.05, 0.1) is 0 Å². The molecule has 0 aromatic heterocycles. The summed E-state index contributed by atoms with van der Waals surface area (Å²) in [6.45, 7) is 3.70. The normalized spacial score (nSPS) is 13.2. The maximum atomic E-state index is 10.5. The lowest BCUT2D eigenvalue weighted by Gasteiger charge is -2.27. The highest BCUT2D eigenvalue weighted by Gasteiger charge is 2.27. The van der Waals surface area contributed by atoms with Crippen LogP contribution >= 0.6 is 8.25 Å². The van der Waals surface area contributed by atoms with Crippen molar-refractivity contribution in [2.45, 2.75) is 38.7 Å². The minimum absolute atomic E-state index is 0.308. The molecular formula is C12H17N3O5P+. The molecule has 8 nitrogen and oxygen atoms in total. The Morgan fingerprint density at radius 2 is 1.95 bits per heavy atom. The number of rotatable bonds is 8. The van der Waals surface area contributed by atoms with E-state index >= 15 is 0 Å². The lowest BCUT2D eigenvalue weighted by atomic mass is 10.1. The van der Waals surface area contributed by atoms with Crippen LogP contribution in [0.3, 0.4) is 0 Å². The molecule has 0 aliphatic heterocycles. The van der Waals surface area contributed by atoms with Crippen LogP contribution in [-0.2, 0) is 9.09 Å². The molecular weight excluding hydrogens is 297 g/mol. The van der Waals surface area contributed by atoms with Gasteiger partial charge in [-0.25, -0.2) is 0 Å². The molecule has 0 fully saturated rings. The minimum atomic E-state index is -2.89. The van der Waals surface area contributed by atoms with Crippen molar-refractivity contribution in [3.63, 3.8) is 0 Å². The van der Waals surface area contributed by atoms with Gasteiger partial charge in [0.15, 0.2) is 5.72 Å². The van der Waals surface area contributed by atoms with E-state index < -0.39 is 20.3 Å². The molecule has 0 heterocycles.